The first-order chi connectivity index (χ1) is 15.5. The van der Waals surface area contributed by atoms with E-state index in [9.17, 15) is 19.7 Å². The Morgan fingerprint density at radius 2 is 1.59 bits per heavy atom. The molecule has 0 aliphatic carbocycles. The number of nitro benzene ring substituents is 1. The van der Waals surface area contributed by atoms with Crippen LogP contribution < -0.4 is 9.96 Å². The zero-order valence-corrected chi connectivity index (χ0v) is 17.1. The molecule has 0 bridgehead atoms. The van der Waals surface area contributed by atoms with Crippen molar-refractivity contribution in [2.24, 2.45) is 5.92 Å². The van der Waals surface area contributed by atoms with Crippen LogP contribution in [0.25, 0.3) is 0 Å². The fraction of sp³-hybridized carbons (Fsp3) is 0.167. The van der Waals surface area contributed by atoms with Crippen LogP contribution in [-0.4, -0.2) is 22.8 Å². The van der Waals surface area contributed by atoms with E-state index in [1.165, 1.54) is 17.2 Å². The molecule has 0 saturated carbocycles. The highest BCUT2D eigenvalue weighted by Gasteiger charge is 2.60. The maximum atomic E-state index is 13.6. The quantitative estimate of drug-likeness (QED) is 0.354. The molecule has 2 saturated heterocycles. The number of imide groups is 1. The Morgan fingerprint density at radius 1 is 0.875 bits per heavy atom. The zero-order chi connectivity index (χ0) is 22.4. The van der Waals surface area contributed by atoms with Crippen molar-refractivity contribution in [1.82, 2.24) is 0 Å². The van der Waals surface area contributed by atoms with Gasteiger partial charge in [-0.25, -0.2) is 9.96 Å². The van der Waals surface area contributed by atoms with Crippen molar-refractivity contribution >= 4 is 28.9 Å². The van der Waals surface area contributed by atoms with E-state index in [2.05, 4.69) is 0 Å². The lowest BCUT2D eigenvalue weighted by molar-refractivity contribution is -0.384. The maximum Gasteiger partial charge on any atom is 0.269 e. The second-order valence-corrected chi connectivity index (χ2v) is 7.86. The van der Waals surface area contributed by atoms with Gasteiger partial charge in [0, 0.05) is 12.1 Å². The number of non-ortho nitro benzene ring substituents is 1. The number of nitro groups is 1. The maximum absolute atomic E-state index is 13.6. The molecule has 0 radical (unpaired) electrons. The fourth-order valence-corrected chi connectivity index (χ4v) is 4.40. The number of hydrogen-bond acceptors (Lipinski definition) is 6. The molecule has 32 heavy (non-hydrogen) atoms. The van der Waals surface area contributed by atoms with Gasteiger partial charge in [0.2, 0.25) is 5.91 Å². The number of fused-ring (bicyclic) bond motifs is 1. The van der Waals surface area contributed by atoms with Crippen LogP contribution in [-0.2, 0) is 14.4 Å². The first-order valence-electron chi connectivity index (χ1n) is 10.2. The Hall–Kier alpha value is -4.04. The Bertz CT molecular complexity index is 1230. The largest absolute Gasteiger partial charge is 0.273 e. The smallest absolute Gasteiger partial charge is 0.269 e. The summed E-state index contributed by atoms with van der Waals surface area (Å²) in [5.41, 5.74) is 2.50. The molecule has 0 spiro atoms. The van der Waals surface area contributed by atoms with Gasteiger partial charge in [0.1, 0.15) is 5.92 Å². The highest BCUT2D eigenvalue weighted by molar-refractivity contribution is 6.24. The van der Waals surface area contributed by atoms with Crippen molar-refractivity contribution < 1.29 is 19.3 Å². The molecule has 8 heteroatoms. The SMILES string of the molecule is Cc1cccc(N2C(=O)[C@H]3[C@@H](c4cccc([N+](=O)[O-])c4)N(c4ccccc4)O[C@H]3C2=O)c1. The predicted molar refractivity (Wildman–Crippen MR) is 117 cm³/mol. The molecule has 0 aromatic heterocycles. The summed E-state index contributed by atoms with van der Waals surface area (Å²) in [4.78, 5) is 44.9. The summed E-state index contributed by atoms with van der Waals surface area (Å²) in [6.07, 6.45) is -1.02. The van der Waals surface area contributed by atoms with Crippen LogP contribution in [0.2, 0.25) is 0 Å². The van der Waals surface area contributed by atoms with Gasteiger partial charge < -0.3 is 0 Å². The number of amides is 2. The molecular formula is C24H19N3O5. The highest BCUT2D eigenvalue weighted by Crippen LogP contribution is 2.47. The van der Waals surface area contributed by atoms with E-state index in [0.29, 0.717) is 16.9 Å². The van der Waals surface area contributed by atoms with E-state index >= 15 is 0 Å². The number of nitrogens with zero attached hydrogens (tertiary/aromatic N) is 3. The van der Waals surface area contributed by atoms with E-state index in [1.54, 1.807) is 42.5 Å². The third-order valence-electron chi connectivity index (χ3n) is 5.81. The van der Waals surface area contributed by atoms with Gasteiger partial charge in [-0.3, -0.25) is 24.5 Å². The fourth-order valence-electron chi connectivity index (χ4n) is 4.40. The van der Waals surface area contributed by atoms with Gasteiger partial charge in [-0.1, -0.05) is 42.5 Å². The monoisotopic (exact) mass is 429 g/mol. The number of anilines is 2. The summed E-state index contributed by atoms with van der Waals surface area (Å²) in [6.45, 7) is 1.88. The molecule has 160 valence electrons. The van der Waals surface area contributed by atoms with Gasteiger partial charge in [-0.15, -0.1) is 0 Å². The summed E-state index contributed by atoms with van der Waals surface area (Å²) in [6, 6.07) is 21.7. The van der Waals surface area contributed by atoms with Gasteiger partial charge in [-0.2, -0.15) is 0 Å². The molecule has 3 aromatic rings. The number of hydroxylamine groups is 1. The average Bonchev–Trinajstić information content (AvgIpc) is 3.30. The molecule has 2 fully saturated rings. The molecule has 0 unspecified atom stereocenters. The normalized spacial score (nSPS) is 22.3. The standard InChI is InChI=1S/C24H19N3O5/c1-15-7-5-11-18(13-15)25-23(28)20-21(16-8-6-12-19(14-16)27(30)31)26(32-22(20)24(25)29)17-9-3-2-4-10-17/h2-14,20-22H,1H3/t20-,21+,22+/m0/s1. The number of carbonyl (C=O) groups is 2. The molecule has 2 heterocycles. The number of rotatable bonds is 4. The molecule has 2 aliphatic heterocycles. The van der Waals surface area contributed by atoms with E-state index in [-0.39, 0.29) is 11.6 Å². The van der Waals surface area contributed by atoms with Crippen molar-refractivity contribution in [3.8, 4) is 0 Å². The molecule has 5 rings (SSSR count). The minimum atomic E-state index is -1.02. The van der Waals surface area contributed by atoms with E-state index in [0.717, 1.165) is 10.5 Å². The van der Waals surface area contributed by atoms with Crippen molar-refractivity contribution in [2.75, 3.05) is 9.96 Å². The topological polar surface area (TPSA) is 93.0 Å². The third kappa shape index (κ3) is 3.12. The molecule has 8 nitrogen and oxygen atoms in total. The van der Waals surface area contributed by atoms with Crippen LogP contribution in [0.1, 0.15) is 17.2 Å². The highest BCUT2D eigenvalue weighted by atomic mass is 16.7. The lowest BCUT2D eigenvalue weighted by Gasteiger charge is -2.28. The number of carbonyl (C=O) groups excluding carboxylic acids is 2. The van der Waals surface area contributed by atoms with Gasteiger partial charge in [0.05, 0.1) is 22.3 Å². The molecular weight excluding hydrogens is 410 g/mol. The first-order valence-corrected chi connectivity index (χ1v) is 10.2. The van der Waals surface area contributed by atoms with Crippen LogP contribution in [0.4, 0.5) is 17.1 Å². The summed E-state index contributed by atoms with van der Waals surface area (Å²) >= 11 is 0. The molecule has 3 atom stereocenters. The van der Waals surface area contributed by atoms with Crippen LogP contribution in [0, 0.1) is 23.0 Å². The van der Waals surface area contributed by atoms with Crippen molar-refractivity contribution in [2.45, 2.75) is 19.1 Å². The molecule has 0 N–H and O–H groups in total. The summed E-state index contributed by atoms with van der Waals surface area (Å²) in [5, 5.41) is 12.9. The van der Waals surface area contributed by atoms with Crippen molar-refractivity contribution in [3.05, 3.63) is 100 Å². The lowest BCUT2D eigenvalue weighted by Crippen LogP contribution is -2.37. The minimum absolute atomic E-state index is 0.0914. The van der Waals surface area contributed by atoms with Crippen LogP contribution in [0.15, 0.2) is 78.9 Å². The summed E-state index contributed by atoms with van der Waals surface area (Å²) in [7, 11) is 0. The Labute approximate surface area is 183 Å². The Morgan fingerprint density at radius 3 is 2.31 bits per heavy atom. The van der Waals surface area contributed by atoms with Gasteiger partial charge in [-0.05, 0) is 42.3 Å². The van der Waals surface area contributed by atoms with Gasteiger partial charge >= 0.3 is 0 Å². The van der Waals surface area contributed by atoms with Crippen LogP contribution >= 0.6 is 0 Å². The zero-order valence-electron chi connectivity index (χ0n) is 17.1. The second-order valence-electron chi connectivity index (χ2n) is 7.86. The number of para-hydroxylation sites is 1. The molecule has 2 aliphatic rings. The van der Waals surface area contributed by atoms with Gasteiger partial charge in [0.25, 0.3) is 11.6 Å². The lowest BCUT2D eigenvalue weighted by atomic mass is 9.90. The van der Waals surface area contributed by atoms with Crippen LogP contribution in [0.3, 0.4) is 0 Å². The third-order valence-corrected chi connectivity index (χ3v) is 5.81. The van der Waals surface area contributed by atoms with E-state index < -0.39 is 28.9 Å². The second kappa shape index (κ2) is 7.58. The number of aryl methyl sites for hydroxylation is 1. The summed E-state index contributed by atoms with van der Waals surface area (Å²) in [5.74, 6) is -1.68. The first kappa shape index (κ1) is 19.9. The number of benzene rings is 3. The molecule has 2 amide bonds. The molecule has 3 aromatic carbocycles. The minimum Gasteiger partial charge on any atom is -0.273 e. The Kier molecular flexibility index (Phi) is 4.71. The number of hydrogen-bond donors (Lipinski definition) is 0. The average molecular weight is 429 g/mol. The van der Waals surface area contributed by atoms with Gasteiger partial charge in [0.15, 0.2) is 6.10 Å². The van der Waals surface area contributed by atoms with Crippen molar-refractivity contribution in [3.63, 3.8) is 0 Å². The van der Waals surface area contributed by atoms with E-state index in [4.69, 9.17) is 4.84 Å². The van der Waals surface area contributed by atoms with Crippen molar-refractivity contribution in [1.29, 1.82) is 0 Å². The van der Waals surface area contributed by atoms with E-state index in [1.807, 2.05) is 31.2 Å². The predicted octanol–water partition coefficient (Wildman–Crippen LogP) is 3.95. The summed E-state index contributed by atoms with van der Waals surface area (Å²) < 4.78 is 0. The van der Waals surface area contributed by atoms with Crippen LogP contribution in [0.5, 0.6) is 0 Å². The Balaban J connectivity index is 1.61.